The molecule has 4 rings (SSSR count). The lowest BCUT2D eigenvalue weighted by molar-refractivity contribution is 0.353. The van der Waals surface area contributed by atoms with Crippen molar-refractivity contribution in [1.29, 1.82) is 0 Å². The van der Waals surface area contributed by atoms with Crippen molar-refractivity contribution in [2.45, 2.75) is 19.3 Å². The third kappa shape index (κ3) is 2.96. The maximum Gasteiger partial charge on any atom is 0.224 e. The van der Waals surface area contributed by atoms with Gasteiger partial charge in [-0.1, -0.05) is 97.4 Å². The van der Waals surface area contributed by atoms with E-state index in [2.05, 4.69) is 95.6 Å². The van der Waals surface area contributed by atoms with Gasteiger partial charge in [-0.2, -0.15) is 0 Å². The highest BCUT2D eigenvalue weighted by Gasteiger charge is 2.45. The third-order valence-electron chi connectivity index (χ3n) is 5.41. The normalized spacial score (nSPS) is 15.8. The maximum absolute atomic E-state index is 2.83. The first-order valence-electron chi connectivity index (χ1n) is 9.34. The van der Waals surface area contributed by atoms with Crippen molar-refractivity contribution in [3.05, 3.63) is 91.0 Å². The van der Waals surface area contributed by atoms with Crippen LogP contribution < -0.4 is 15.6 Å². The molecule has 0 atom stereocenters. The highest BCUT2D eigenvalue weighted by molar-refractivity contribution is 7.09. The molecule has 0 saturated carbocycles. The van der Waals surface area contributed by atoms with E-state index in [1.807, 2.05) is 0 Å². The number of piperidine rings is 1. The highest BCUT2D eigenvalue weighted by Crippen LogP contribution is 2.19. The van der Waals surface area contributed by atoms with Crippen molar-refractivity contribution in [3.8, 4) is 0 Å². The topological polar surface area (TPSA) is 3.24 Å². The van der Waals surface area contributed by atoms with E-state index in [1.54, 1.807) is 0 Å². The van der Waals surface area contributed by atoms with Crippen LogP contribution in [0.4, 0.5) is 0 Å². The molecular weight excluding hydrogens is 318 g/mol. The second kappa shape index (κ2) is 7.38. The summed E-state index contributed by atoms with van der Waals surface area (Å²) in [6.45, 7) is 2.40. The van der Waals surface area contributed by atoms with E-state index < -0.39 is 8.24 Å². The monoisotopic (exact) mass is 343 g/mol. The molecular formula is C23H25NSi. The molecule has 0 aliphatic carbocycles. The van der Waals surface area contributed by atoms with E-state index in [0.717, 1.165) is 0 Å². The number of hydrogen-bond acceptors (Lipinski definition) is 1. The second-order valence-corrected chi connectivity index (χ2v) is 10.6. The summed E-state index contributed by atoms with van der Waals surface area (Å²) in [6.07, 6.45) is 3.97. The summed E-state index contributed by atoms with van der Waals surface area (Å²) in [6, 6.07) is 33.7. The Kier molecular flexibility index (Phi) is 4.82. The molecule has 0 radical (unpaired) electrons. The molecule has 1 aliphatic rings. The Balaban J connectivity index is 2.01. The van der Waals surface area contributed by atoms with Crippen LogP contribution in [-0.4, -0.2) is 25.9 Å². The first kappa shape index (κ1) is 16.3. The van der Waals surface area contributed by atoms with Gasteiger partial charge < -0.3 is 4.57 Å². The predicted octanol–water partition coefficient (Wildman–Crippen LogP) is 3.14. The molecule has 0 spiro atoms. The van der Waals surface area contributed by atoms with Crippen LogP contribution in [0.2, 0.25) is 0 Å². The van der Waals surface area contributed by atoms with Gasteiger partial charge in [0.2, 0.25) is 8.24 Å². The first-order chi connectivity index (χ1) is 12.4. The zero-order valence-corrected chi connectivity index (χ0v) is 15.6. The summed E-state index contributed by atoms with van der Waals surface area (Å²) < 4.78 is 2.83. The van der Waals surface area contributed by atoms with Gasteiger partial charge in [-0.05, 0) is 41.5 Å². The van der Waals surface area contributed by atoms with Crippen molar-refractivity contribution in [2.24, 2.45) is 0 Å². The molecule has 0 unspecified atom stereocenters. The summed E-state index contributed by atoms with van der Waals surface area (Å²) in [5, 5.41) is 4.48. The molecule has 2 heteroatoms. The zero-order valence-electron chi connectivity index (χ0n) is 14.6. The lowest BCUT2D eigenvalue weighted by atomic mass is 10.2. The molecule has 25 heavy (non-hydrogen) atoms. The number of nitrogens with zero attached hydrogens (tertiary/aromatic N) is 1. The quantitative estimate of drug-likeness (QED) is 0.520. The van der Waals surface area contributed by atoms with Gasteiger partial charge in [-0.3, -0.25) is 0 Å². The van der Waals surface area contributed by atoms with Crippen LogP contribution in [0, 0.1) is 0 Å². The van der Waals surface area contributed by atoms with Gasteiger partial charge in [0.25, 0.3) is 0 Å². The van der Waals surface area contributed by atoms with E-state index in [9.17, 15) is 0 Å². The van der Waals surface area contributed by atoms with Crippen molar-refractivity contribution >= 4 is 23.8 Å². The SMILES string of the molecule is c1ccc([Si](c2ccccc2)(c2ccccc2)N2CCCCC2)cc1. The van der Waals surface area contributed by atoms with Gasteiger partial charge in [0.1, 0.15) is 0 Å². The van der Waals surface area contributed by atoms with Crippen LogP contribution in [0.15, 0.2) is 91.0 Å². The third-order valence-corrected chi connectivity index (χ3v) is 10.3. The van der Waals surface area contributed by atoms with Gasteiger partial charge in [0.15, 0.2) is 0 Å². The largest absolute Gasteiger partial charge is 0.313 e. The molecule has 1 aliphatic heterocycles. The zero-order chi connectivity index (χ0) is 17.0. The minimum atomic E-state index is -2.19. The molecule has 0 N–H and O–H groups in total. The van der Waals surface area contributed by atoms with E-state index >= 15 is 0 Å². The van der Waals surface area contributed by atoms with Crippen LogP contribution in [0.25, 0.3) is 0 Å². The fraction of sp³-hybridized carbons (Fsp3) is 0.217. The first-order valence-corrected chi connectivity index (χ1v) is 11.3. The van der Waals surface area contributed by atoms with Crippen LogP contribution in [0.5, 0.6) is 0 Å². The Labute approximate surface area is 152 Å². The predicted molar refractivity (Wildman–Crippen MR) is 109 cm³/mol. The fourth-order valence-electron chi connectivity index (χ4n) is 4.32. The van der Waals surface area contributed by atoms with Crippen LogP contribution in [0.1, 0.15) is 19.3 Å². The van der Waals surface area contributed by atoms with E-state index in [1.165, 1.54) is 47.9 Å². The van der Waals surface area contributed by atoms with Gasteiger partial charge in [-0.15, -0.1) is 0 Å². The molecule has 1 nitrogen and oxygen atoms in total. The number of benzene rings is 3. The average molecular weight is 344 g/mol. The van der Waals surface area contributed by atoms with Crippen molar-refractivity contribution in [2.75, 3.05) is 13.1 Å². The van der Waals surface area contributed by atoms with Crippen molar-refractivity contribution in [3.63, 3.8) is 0 Å². The summed E-state index contributed by atoms with van der Waals surface area (Å²) in [7, 11) is -2.19. The Morgan fingerprint density at radius 3 is 1.20 bits per heavy atom. The maximum atomic E-state index is 2.83. The number of rotatable bonds is 4. The van der Waals surface area contributed by atoms with E-state index in [0.29, 0.717) is 0 Å². The van der Waals surface area contributed by atoms with Crippen LogP contribution in [0.3, 0.4) is 0 Å². The highest BCUT2D eigenvalue weighted by atomic mass is 28.3. The average Bonchev–Trinajstić information content (AvgIpc) is 2.72. The molecule has 3 aromatic carbocycles. The molecule has 1 fully saturated rings. The smallest absolute Gasteiger partial charge is 0.224 e. The Bertz CT molecular complexity index is 683. The van der Waals surface area contributed by atoms with E-state index in [-0.39, 0.29) is 0 Å². The summed E-state index contributed by atoms with van der Waals surface area (Å²) >= 11 is 0. The molecule has 0 amide bonds. The number of hydrogen-bond donors (Lipinski definition) is 0. The summed E-state index contributed by atoms with van der Waals surface area (Å²) in [4.78, 5) is 0. The fourth-order valence-corrected chi connectivity index (χ4v) is 9.42. The Morgan fingerprint density at radius 2 is 0.840 bits per heavy atom. The Hall–Kier alpha value is -2.16. The second-order valence-electron chi connectivity index (χ2n) is 6.86. The molecule has 126 valence electrons. The molecule has 1 saturated heterocycles. The summed E-state index contributed by atoms with van der Waals surface area (Å²) in [5.41, 5.74) is 0. The molecule has 0 bridgehead atoms. The Morgan fingerprint density at radius 1 is 0.480 bits per heavy atom. The minimum absolute atomic E-state index is 1.20. The summed E-state index contributed by atoms with van der Waals surface area (Å²) in [5.74, 6) is 0. The molecule has 0 aromatic heterocycles. The standard InChI is InChI=1S/C23H25NSi/c1-5-13-21(14-6-1)25(22-15-7-2-8-16-22,23-17-9-3-10-18-23)24-19-11-4-12-20-24/h1-3,5-10,13-18H,4,11-12,19-20H2. The van der Waals surface area contributed by atoms with Gasteiger partial charge in [0.05, 0.1) is 0 Å². The lowest BCUT2D eigenvalue weighted by Gasteiger charge is -2.45. The molecule has 3 aromatic rings. The van der Waals surface area contributed by atoms with Gasteiger partial charge >= 0.3 is 0 Å². The van der Waals surface area contributed by atoms with Crippen LogP contribution >= 0.6 is 0 Å². The van der Waals surface area contributed by atoms with Gasteiger partial charge in [-0.25, -0.2) is 0 Å². The molecule has 1 heterocycles. The van der Waals surface area contributed by atoms with Crippen LogP contribution in [-0.2, 0) is 0 Å². The van der Waals surface area contributed by atoms with Crippen molar-refractivity contribution < 1.29 is 0 Å². The van der Waals surface area contributed by atoms with E-state index in [4.69, 9.17) is 0 Å². The lowest BCUT2D eigenvalue weighted by Crippen LogP contribution is -2.77. The van der Waals surface area contributed by atoms with Gasteiger partial charge in [0, 0.05) is 0 Å². The van der Waals surface area contributed by atoms with Crippen molar-refractivity contribution in [1.82, 2.24) is 4.57 Å². The minimum Gasteiger partial charge on any atom is -0.313 e.